The molecular weight excluding hydrogens is 188 g/mol. The molecule has 1 saturated heterocycles. The third-order valence-corrected chi connectivity index (χ3v) is 2.57. The molecule has 0 aliphatic carbocycles. The first-order valence-electron chi connectivity index (χ1n) is 4.22. The number of likely N-dealkylation sites (N-methyl/N-ethyl adjacent to an activating group) is 2. The Morgan fingerprint density at radius 1 is 1.33 bits per heavy atom. The van der Waals surface area contributed by atoms with Gasteiger partial charge < -0.3 is 9.80 Å². The summed E-state index contributed by atoms with van der Waals surface area (Å²) in [4.78, 5) is 4.89. The van der Waals surface area contributed by atoms with Gasteiger partial charge in [0.15, 0.2) is 5.11 Å². The van der Waals surface area contributed by atoms with Crippen LogP contribution in [0, 0.1) is 0 Å². The summed E-state index contributed by atoms with van der Waals surface area (Å²) in [6, 6.07) is 0. The van der Waals surface area contributed by atoms with Crippen molar-refractivity contribution in [3.8, 4) is 0 Å². The molecule has 0 radical (unpaired) electrons. The molecule has 1 heterocycles. The molecule has 0 atom stereocenters. The molecule has 0 unspecified atom stereocenters. The maximum absolute atomic E-state index is 5.10. The van der Waals surface area contributed by atoms with Gasteiger partial charge in [-0.1, -0.05) is 26.1 Å². The van der Waals surface area contributed by atoms with E-state index < -0.39 is 0 Å². The highest BCUT2D eigenvalue weighted by molar-refractivity contribution is 7.82. The number of hydrogen-bond donors (Lipinski definition) is 0. The molecule has 0 amide bonds. The van der Waals surface area contributed by atoms with Gasteiger partial charge in [-0.15, -0.1) is 0 Å². The standard InChI is InChI=1S/C6H10N2S2.C2H6/c1-3-8-4-5(9)7(2)6(8)10;1-2/h3-4H2,1-2H3;1-2H3. The molecule has 0 N–H and O–H groups in total. The first-order valence-corrected chi connectivity index (χ1v) is 5.04. The highest BCUT2D eigenvalue weighted by atomic mass is 32.1. The largest absolute Gasteiger partial charge is 0.342 e. The van der Waals surface area contributed by atoms with Gasteiger partial charge in [0, 0.05) is 13.6 Å². The monoisotopic (exact) mass is 204 g/mol. The lowest BCUT2D eigenvalue weighted by Crippen LogP contribution is -2.29. The molecule has 12 heavy (non-hydrogen) atoms. The molecule has 1 fully saturated rings. The first kappa shape index (κ1) is 11.8. The van der Waals surface area contributed by atoms with Crippen molar-refractivity contribution in [1.82, 2.24) is 9.80 Å². The van der Waals surface area contributed by atoms with Crippen LogP contribution in [0.1, 0.15) is 20.8 Å². The Kier molecular flexibility index (Phi) is 5.33. The Morgan fingerprint density at radius 3 is 2.00 bits per heavy atom. The van der Waals surface area contributed by atoms with Gasteiger partial charge in [-0.2, -0.15) is 0 Å². The molecule has 0 bridgehead atoms. The lowest BCUT2D eigenvalue weighted by atomic mass is 10.6. The second kappa shape index (κ2) is 5.43. The van der Waals surface area contributed by atoms with Crippen LogP contribution in [0.25, 0.3) is 0 Å². The van der Waals surface area contributed by atoms with E-state index in [0.29, 0.717) is 0 Å². The van der Waals surface area contributed by atoms with Crippen LogP contribution < -0.4 is 0 Å². The molecule has 0 aromatic heterocycles. The predicted molar refractivity (Wildman–Crippen MR) is 61.6 cm³/mol. The second-order valence-electron chi connectivity index (χ2n) is 2.25. The van der Waals surface area contributed by atoms with Gasteiger partial charge >= 0.3 is 0 Å². The van der Waals surface area contributed by atoms with Gasteiger partial charge in [-0.05, 0) is 19.1 Å². The van der Waals surface area contributed by atoms with Crippen molar-refractivity contribution in [2.24, 2.45) is 0 Å². The zero-order valence-corrected chi connectivity index (χ0v) is 9.76. The molecule has 1 aliphatic rings. The second-order valence-corrected chi connectivity index (χ2v) is 3.09. The minimum atomic E-state index is 0.821. The van der Waals surface area contributed by atoms with Crippen molar-refractivity contribution < 1.29 is 0 Å². The van der Waals surface area contributed by atoms with Crippen LogP contribution in [-0.2, 0) is 0 Å². The number of hydrogen-bond acceptors (Lipinski definition) is 2. The molecule has 0 aromatic carbocycles. The highest BCUT2D eigenvalue weighted by Gasteiger charge is 2.24. The molecule has 0 aromatic rings. The summed E-state index contributed by atoms with van der Waals surface area (Å²) in [6.45, 7) is 7.85. The van der Waals surface area contributed by atoms with E-state index in [1.165, 1.54) is 0 Å². The summed E-state index contributed by atoms with van der Waals surface area (Å²) in [5, 5.41) is 0.854. The van der Waals surface area contributed by atoms with Crippen LogP contribution in [0.4, 0.5) is 0 Å². The zero-order valence-electron chi connectivity index (χ0n) is 8.13. The fourth-order valence-electron chi connectivity index (χ4n) is 0.903. The van der Waals surface area contributed by atoms with E-state index >= 15 is 0 Å². The molecule has 0 spiro atoms. The fourth-order valence-corrected chi connectivity index (χ4v) is 1.51. The van der Waals surface area contributed by atoms with Gasteiger partial charge in [0.1, 0.15) is 4.99 Å². The Morgan fingerprint density at radius 2 is 1.83 bits per heavy atom. The van der Waals surface area contributed by atoms with Gasteiger partial charge in [0.25, 0.3) is 0 Å². The van der Waals surface area contributed by atoms with Gasteiger partial charge in [-0.3, -0.25) is 0 Å². The molecule has 1 rings (SSSR count). The van der Waals surface area contributed by atoms with Crippen molar-refractivity contribution in [2.75, 3.05) is 20.1 Å². The van der Waals surface area contributed by atoms with Crippen LogP contribution in [-0.4, -0.2) is 40.0 Å². The van der Waals surface area contributed by atoms with Gasteiger partial charge in [-0.25, -0.2) is 0 Å². The summed E-state index contributed by atoms with van der Waals surface area (Å²) in [5.41, 5.74) is 0. The van der Waals surface area contributed by atoms with E-state index in [-0.39, 0.29) is 0 Å². The third-order valence-electron chi connectivity index (χ3n) is 1.64. The lowest BCUT2D eigenvalue weighted by Gasteiger charge is -2.14. The SMILES string of the molecule is CC.CCN1CC(=S)N(C)C1=S. The van der Waals surface area contributed by atoms with E-state index in [4.69, 9.17) is 24.4 Å². The topological polar surface area (TPSA) is 6.48 Å². The molecule has 4 heteroatoms. The maximum atomic E-state index is 5.10. The summed E-state index contributed by atoms with van der Waals surface area (Å²) < 4.78 is 0. The fraction of sp³-hybridized carbons (Fsp3) is 0.750. The third kappa shape index (κ3) is 2.38. The van der Waals surface area contributed by atoms with Crippen LogP contribution in [0.5, 0.6) is 0 Å². The van der Waals surface area contributed by atoms with Crippen LogP contribution in [0.15, 0.2) is 0 Å². The zero-order chi connectivity index (χ0) is 9.72. The number of thiocarbonyl (C=S) groups is 2. The molecule has 2 nitrogen and oxygen atoms in total. The molecular formula is C8H16N2S2. The molecule has 0 saturated carbocycles. The summed E-state index contributed by atoms with van der Waals surface area (Å²) in [7, 11) is 1.92. The smallest absolute Gasteiger partial charge is 0.176 e. The normalized spacial score (nSPS) is 16.3. The van der Waals surface area contributed by atoms with E-state index in [9.17, 15) is 0 Å². The van der Waals surface area contributed by atoms with E-state index in [2.05, 4.69) is 11.8 Å². The van der Waals surface area contributed by atoms with Crippen molar-refractivity contribution in [3.05, 3.63) is 0 Å². The molecule has 1 aliphatic heterocycles. The Labute approximate surface area is 85.5 Å². The van der Waals surface area contributed by atoms with Gasteiger partial charge in [0.2, 0.25) is 0 Å². The first-order chi connectivity index (χ1) is 5.66. The van der Waals surface area contributed by atoms with Crippen LogP contribution in [0.3, 0.4) is 0 Å². The highest BCUT2D eigenvalue weighted by Crippen LogP contribution is 2.08. The van der Waals surface area contributed by atoms with Crippen molar-refractivity contribution in [2.45, 2.75) is 20.8 Å². The van der Waals surface area contributed by atoms with E-state index in [0.717, 1.165) is 23.2 Å². The van der Waals surface area contributed by atoms with Crippen molar-refractivity contribution >= 4 is 34.5 Å². The number of rotatable bonds is 1. The summed E-state index contributed by atoms with van der Waals surface area (Å²) in [6.07, 6.45) is 0. The average Bonchev–Trinajstić information content (AvgIpc) is 2.36. The molecule has 70 valence electrons. The lowest BCUT2D eigenvalue weighted by molar-refractivity contribution is 0.511. The Hall–Kier alpha value is -0.220. The Balaban J connectivity index is 0.000000561. The van der Waals surface area contributed by atoms with Crippen LogP contribution >= 0.6 is 24.4 Å². The Bertz CT molecular complexity index is 180. The maximum Gasteiger partial charge on any atom is 0.176 e. The van der Waals surface area contributed by atoms with E-state index in [1.54, 1.807) is 0 Å². The minimum absolute atomic E-state index is 0.821. The average molecular weight is 204 g/mol. The minimum Gasteiger partial charge on any atom is -0.342 e. The predicted octanol–water partition coefficient (Wildman–Crippen LogP) is 1.89. The van der Waals surface area contributed by atoms with Crippen molar-refractivity contribution in [3.63, 3.8) is 0 Å². The van der Waals surface area contributed by atoms with E-state index in [1.807, 2.05) is 25.8 Å². The summed E-state index contributed by atoms with van der Waals surface area (Å²) in [5.74, 6) is 0. The van der Waals surface area contributed by atoms with Gasteiger partial charge in [0.05, 0.1) is 6.54 Å². The summed E-state index contributed by atoms with van der Waals surface area (Å²) >= 11 is 10.2. The van der Waals surface area contributed by atoms with Crippen LogP contribution in [0.2, 0.25) is 0 Å². The van der Waals surface area contributed by atoms with Crippen molar-refractivity contribution in [1.29, 1.82) is 0 Å². The quantitative estimate of drug-likeness (QED) is 0.602. The number of nitrogens with zero attached hydrogens (tertiary/aromatic N) is 2.